The number of hydrogen-bond acceptors (Lipinski definition) is 9. The van der Waals surface area contributed by atoms with Crippen LogP contribution in [0.5, 0.6) is 11.5 Å². The minimum absolute atomic E-state index is 0.0681. The summed E-state index contributed by atoms with van der Waals surface area (Å²) < 4.78 is 13.2. The Hall–Kier alpha value is -3.89. The molecular formula is C19H22N8O3. The molecule has 0 saturated carbocycles. The summed E-state index contributed by atoms with van der Waals surface area (Å²) in [5, 5.41) is 21.6. The highest BCUT2D eigenvalue weighted by Crippen LogP contribution is 2.42. The second-order valence-corrected chi connectivity index (χ2v) is 6.79. The van der Waals surface area contributed by atoms with Crippen LogP contribution >= 0.6 is 0 Å². The number of nitrogens with one attached hydrogen (secondary N) is 3. The number of carbonyl (C=O) groups is 1. The SMILES string of the molecule is CNC(=O)c1nnc2c(c1Nc1cccc(-c3ncn(C)n3)c1OC)OCC(C)N2. The maximum Gasteiger partial charge on any atom is 0.273 e. The van der Waals surface area contributed by atoms with Gasteiger partial charge in [0.25, 0.3) is 5.91 Å². The van der Waals surface area contributed by atoms with Gasteiger partial charge in [-0.15, -0.1) is 10.2 Å². The van der Waals surface area contributed by atoms with Crippen LogP contribution in [-0.2, 0) is 7.05 Å². The molecule has 0 aliphatic carbocycles. The quantitative estimate of drug-likeness (QED) is 0.574. The average molecular weight is 410 g/mol. The number of carbonyl (C=O) groups excluding carboxylic acids is 1. The van der Waals surface area contributed by atoms with Crippen LogP contribution in [0.3, 0.4) is 0 Å². The van der Waals surface area contributed by atoms with E-state index in [4.69, 9.17) is 9.47 Å². The lowest BCUT2D eigenvalue weighted by Crippen LogP contribution is -2.31. The lowest BCUT2D eigenvalue weighted by Gasteiger charge is -2.26. The van der Waals surface area contributed by atoms with Crippen molar-refractivity contribution in [3.63, 3.8) is 0 Å². The van der Waals surface area contributed by atoms with Crippen LogP contribution in [0.4, 0.5) is 17.2 Å². The van der Waals surface area contributed by atoms with Crippen molar-refractivity contribution in [1.29, 1.82) is 0 Å². The van der Waals surface area contributed by atoms with Gasteiger partial charge in [0.2, 0.25) is 0 Å². The molecule has 1 aliphatic heterocycles. The Morgan fingerprint density at radius 1 is 1.37 bits per heavy atom. The summed E-state index contributed by atoms with van der Waals surface area (Å²) in [5.74, 6) is 1.53. The third-order valence-corrected chi connectivity index (χ3v) is 4.55. The molecule has 1 aliphatic rings. The van der Waals surface area contributed by atoms with Crippen LogP contribution in [0.15, 0.2) is 24.5 Å². The van der Waals surface area contributed by atoms with Crippen LogP contribution < -0.4 is 25.4 Å². The van der Waals surface area contributed by atoms with E-state index < -0.39 is 5.91 Å². The van der Waals surface area contributed by atoms with Gasteiger partial charge in [-0.05, 0) is 19.1 Å². The highest BCUT2D eigenvalue weighted by atomic mass is 16.5. The molecule has 0 spiro atoms. The summed E-state index contributed by atoms with van der Waals surface area (Å²) in [6, 6.07) is 5.60. The maximum atomic E-state index is 12.4. The number of hydrogen-bond donors (Lipinski definition) is 3. The molecule has 1 unspecified atom stereocenters. The van der Waals surface area contributed by atoms with Gasteiger partial charge in [0.15, 0.2) is 28.8 Å². The van der Waals surface area contributed by atoms with E-state index in [2.05, 4.69) is 36.2 Å². The number of ether oxygens (including phenoxy) is 2. The molecule has 0 saturated heterocycles. The Bertz CT molecular complexity index is 1100. The molecular weight excluding hydrogens is 388 g/mol. The number of nitrogens with zero attached hydrogens (tertiary/aromatic N) is 5. The first kappa shape index (κ1) is 19.4. The number of rotatable bonds is 5. The number of fused-ring (bicyclic) bond motifs is 1. The van der Waals surface area contributed by atoms with Gasteiger partial charge in [-0.1, -0.05) is 6.07 Å². The van der Waals surface area contributed by atoms with Crippen LogP contribution in [0.1, 0.15) is 17.4 Å². The van der Waals surface area contributed by atoms with Gasteiger partial charge in [-0.25, -0.2) is 4.98 Å². The summed E-state index contributed by atoms with van der Waals surface area (Å²) in [7, 11) is 4.88. The predicted octanol–water partition coefficient (Wildman–Crippen LogP) is 1.58. The number of aromatic nitrogens is 5. The van der Waals surface area contributed by atoms with Crippen molar-refractivity contribution < 1.29 is 14.3 Å². The number of aryl methyl sites for hydroxylation is 1. The Kier molecular flexibility index (Phi) is 5.09. The zero-order chi connectivity index (χ0) is 21.3. The first-order valence-corrected chi connectivity index (χ1v) is 9.34. The Labute approximate surface area is 172 Å². The molecule has 1 atom stereocenters. The first-order chi connectivity index (χ1) is 14.5. The normalized spacial score (nSPS) is 14.9. The zero-order valence-electron chi connectivity index (χ0n) is 17.1. The number of amides is 1. The summed E-state index contributed by atoms with van der Waals surface area (Å²) in [4.78, 5) is 16.7. The molecule has 1 aromatic carbocycles. The Morgan fingerprint density at radius 3 is 2.90 bits per heavy atom. The molecule has 4 rings (SSSR count). The number of benzene rings is 1. The molecule has 30 heavy (non-hydrogen) atoms. The Balaban J connectivity index is 1.83. The second-order valence-electron chi connectivity index (χ2n) is 6.79. The van der Waals surface area contributed by atoms with E-state index >= 15 is 0 Å². The third-order valence-electron chi connectivity index (χ3n) is 4.55. The van der Waals surface area contributed by atoms with Gasteiger partial charge in [0.05, 0.1) is 24.4 Å². The molecule has 0 bridgehead atoms. The topological polar surface area (TPSA) is 128 Å². The van der Waals surface area contributed by atoms with Gasteiger partial charge < -0.3 is 25.4 Å². The molecule has 3 N–H and O–H groups in total. The maximum absolute atomic E-state index is 12.4. The van der Waals surface area contributed by atoms with Crippen molar-refractivity contribution in [1.82, 2.24) is 30.3 Å². The van der Waals surface area contributed by atoms with E-state index in [1.165, 1.54) is 7.05 Å². The van der Waals surface area contributed by atoms with E-state index in [0.29, 0.717) is 46.7 Å². The summed E-state index contributed by atoms with van der Waals surface area (Å²) >= 11 is 0. The third kappa shape index (κ3) is 3.45. The molecule has 3 heterocycles. The standard InChI is InChI=1S/C19H22N8O3/c1-10-8-30-16-13(14(19(28)20-2)24-25-18(16)22-10)23-12-7-5-6-11(15(12)29-4)17-21-9-27(3)26-17/h5-7,9-10H,8H2,1-4H3,(H,20,28)(H2,22,23,25). The second kappa shape index (κ2) is 7.85. The number of para-hydroxylation sites is 1. The number of methoxy groups -OCH3 is 1. The fourth-order valence-electron chi connectivity index (χ4n) is 3.16. The monoisotopic (exact) mass is 410 g/mol. The average Bonchev–Trinajstić information content (AvgIpc) is 3.19. The van der Waals surface area contributed by atoms with Crippen molar-refractivity contribution in [2.75, 3.05) is 31.4 Å². The van der Waals surface area contributed by atoms with Gasteiger partial charge in [-0.2, -0.15) is 5.10 Å². The molecule has 156 valence electrons. The minimum atomic E-state index is -0.392. The van der Waals surface area contributed by atoms with E-state index in [-0.39, 0.29) is 11.7 Å². The minimum Gasteiger partial charge on any atom is -0.494 e. The lowest BCUT2D eigenvalue weighted by molar-refractivity contribution is 0.0957. The smallest absolute Gasteiger partial charge is 0.273 e. The van der Waals surface area contributed by atoms with Crippen molar-refractivity contribution >= 4 is 23.1 Å². The van der Waals surface area contributed by atoms with Crippen molar-refractivity contribution in [3.05, 3.63) is 30.2 Å². The van der Waals surface area contributed by atoms with Gasteiger partial charge in [0.1, 0.15) is 18.6 Å². The van der Waals surface area contributed by atoms with Crippen molar-refractivity contribution in [2.24, 2.45) is 7.05 Å². The molecule has 0 radical (unpaired) electrons. The largest absolute Gasteiger partial charge is 0.494 e. The summed E-state index contributed by atoms with van der Waals surface area (Å²) in [5.41, 5.74) is 1.80. The van der Waals surface area contributed by atoms with Crippen LogP contribution in [-0.4, -0.2) is 57.7 Å². The van der Waals surface area contributed by atoms with Gasteiger partial charge in [-0.3, -0.25) is 9.48 Å². The van der Waals surface area contributed by atoms with Gasteiger partial charge in [0, 0.05) is 14.1 Å². The summed E-state index contributed by atoms with van der Waals surface area (Å²) in [6.07, 6.45) is 1.61. The zero-order valence-corrected chi connectivity index (χ0v) is 17.1. The number of anilines is 3. The van der Waals surface area contributed by atoms with Gasteiger partial charge >= 0.3 is 0 Å². The molecule has 2 aromatic heterocycles. The van der Waals surface area contributed by atoms with Crippen LogP contribution in [0, 0.1) is 0 Å². The molecule has 1 amide bonds. The van der Waals surface area contributed by atoms with E-state index in [9.17, 15) is 4.79 Å². The van der Waals surface area contributed by atoms with Crippen molar-refractivity contribution in [3.8, 4) is 22.9 Å². The first-order valence-electron chi connectivity index (χ1n) is 9.34. The van der Waals surface area contributed by atoms with Crippen molar-refractivity contribution in [2.45, 2.75) is 13.0 Å². The Morgan fingerprint density at radius 2 is 2.20 bits per heavy atom. The fourth-order valence-corrected chi connectivity index (χ4v) is 3.16. The van der Waals surface area contributed by atoms with Crippen LogP contribution in [0.2, 0.25) is 0 Å². The van der Waals surface area contributed by atoms with Crippen LogP contribution in [0.25, 0.3) is 11.4 Å². The fraction of sp³-hybridized carbons (Fsp3) is 0.316. The highest BCUT2D eigenvalue weighted by molar-refractivity contribution is 6.01. The lowest BCUT2D eigenvalue weighted by atomic mass is 10.1. The predicted molar refractivity (Wildman–Crippen MR) is 110 cm³/mol. The van der Waals surface area contributed by atoms with E-state index in [1.807, 2.05) is 25.1 Å². The highest BCUT2D eigenvalue weighted by Gasteiger charge is 2.27. The molecule has 11 heteroatoms. The van der Waals surface area contributed by atoms with E-state index in [0.717, 1.165) is 0 Å². The molecule has 3 aromatic rings. The van der Waals surface area contributed by atoms with E-state index in [1.54, 1.807) is 25.2 Å². The molecule has 0 fully saturated rings. The molecule has 11 nitrogen and oxygen atoms in total. The summed E-state index contributed by atoms with van der Waals surface area (Å²) in [6.45, 7) is 2.40.